The molecule has 1 aliphatic rings. The molecule has 0 amide bonds. The molecule has 0 heterocycles. The highest BCUT2D eigenvalue weighted by atomic mass is 16.6. The molecule has 1 aliphatic carbocycles. The summed E-state index contributed by atoms with van der Waals surface area (Å²) in [4.78, 5) is 0. The van der Waals surface area contributed by atoms with E-state index in [2.05, 4.69) is 0 Å². The number of rotatable bonds is 2. The average molecular weight is 208 g/mol. The first-order valence-corrected chi connectivity index (χ1v) is 5.11. The molecule has 82 valence electrons. The van der Waals surface area contributed by atoms with E-state index in [-0.39, 0.29) is 6.10 Å². The minimum Gasteiger partial charge on any atom is -0.375 e. The Bertz CT molecular complexity index is 350. The Morgan fingerprint density at radius 1 is 1.33 bits per heavy atom. The van der Waals surface area contributed by atoms with Crippen LogP contribution in [0, 0.1) is 0 Å². The van der Waals surface area contributed by atoms with Gasteiger partial charge in [0.1, 0.15) is 6.10 Å². The van der Waals surface area contributed by atoms with Gasteiger partial charge in [-0.2, -0.15) is 0 Å². The Morgan fingerprint density at radius 2 is 2.07 bits per heavy atom. The van der Waals surface area contributed by atoms with Gasteiger partial charge in [-0.1, -0.05) is 24.3 Å². The van der Waals surface area contributed by atoms with Gasteiger partial charge in [-0.15, -0.1) is 0 Å². The molecule has 0 aromatic heterocycles. The summed E-state index contributed by atoms with van der Waals surface area (Å²) in [6.45, 7) is 0. The van der Waals surface area contributed by atoms with Crippen molar-refractivity contribution in [2.24, 2.45) is 0 Å². The number of aliphatic hydroxyl groups is 1. The Balaban J connectivity index is 2.48. The third kappa shape index (κ3) is 1.57. The van der Waals surface area contributed by atoms with E-state index in [1.165, 1.54) is 7.11 Å². The third-order valence-corrected chi connectivity index (χ3v) is 3.11. The van der Waals surface area contributed by atoms with Gasteiger partial charge in [0.15, 0.2) is 0 Å². The molecular formula is C12H16O3. The van der Waals surface area contributed by atoms with Gasteiger partial charge in [0, 0.05) is 19.8 Å². The fraction of sp³-hybridized carbons (Fsp3) is 0.500. The predicted molar refractivity (Wildman–Crippen MR) is 56.5 cm³/mol. The number of aryl methyl sites for hydroxylation is 1. The van der Waals surface area contributed by atoms with Crippen molar-refractivity contribution >= 4 is 0 Å². The number of hydrogen-bond donors (Lipinski definition) is 1. The molecule has 0 aliphatic heterocycles. The van der Waals surface area contributed by atoms with Crippen molar-refractivity contribution in [1.29, 1.82) is 0 Å². The first-order chi connectivity index (χ1) is 7.22. The van der Waals surface area contributed by atoms with E-state index < -0.39 is 5.79 Å². The number of fused-ring (bicyclic) bond motifs is 1. The Hall–Kier alpha value is -0.900. The van der Waals surface area contributed by atoms with Crippen LogP contribution in [0.1, 0.15) is 17.5 Å². The largest absolute Gasteiger partial charge is 0.375 e. The molecule has 0 bridgehead atoms. The van der Waals surface area contributed by atoms with E-state index in [1.807, 2.05) is 24.3 Å². The SMILES string of the molecule is COC1CCc2ccccc2C1(O)OC. The Labute approximate surface area is 89.6 Å². The lowest BCUT2D eigenvalue weighted by Gasteiger charge is -2.39. The second-order valence-corrected chi connectivity index (χ2v) is 3.82. The maximum Gasteiger partial charge on any atom is 0.219 e. The minimum atomic E-state index is -1.30. The van der Waals surface area contributed by atoms with Crippen molar-refractivity contribution in [1.82, 2.24) is 0 Å². The monoisotopic (exact) mass is 208 g/mol. The van der Waals surface area contributed by atoms with E-state index in [1.54, 1.807) is 7.11 Å². The van der Waals surface area contributed by atoms with Crippen molar-refractivity contribution in [3.05, 3.63) is 35.4 Å². The highest BCUT2D eigenvalue weighted by Crippen LogP contribution is 2.37. The van der Waals surface area contributed by atoms with Gasteiger partial charge in [-0.3, -0.25) is 0 Å². The van der Waals surface area contributed by atoms with Gasteiger partial charge >= 0.3 is 0 Å². The molecule has 0 radical (unpaired) electrons. The van der Waals surface area contributed by atoms with Gasteiger partial charge in [0.2, 0.25) is 5.79 Å². The highest BCUT2D eigenvalue weighted by molar-refractivity contribution is 5.34. The van der Waals surface area contributed by atoms with Gasteiger partial charge in [-0.25, -0.2) is 0 Å². The minimum absolute atomic E-state index is 0.294. The van der Waals surface area contributed by atoms with Crippen LogP contribution in [0.15, 0.2) is 24.3 Å². The van der Waals surface area contributed by atoms with Crippen LogP contribution in [-0.4, -0.2) is 25.4 Å². The summed E-state index contributed by atoms with van der Waals surface area (Å²) in [6.07, 6.45) is 1.40. The average Bonchev–Trinajstić information content (AvgIpc) is 2.30. The number of hydrogen-bond acceptors (Lipinski definition) is 3. The molecule has 2 rings (SSSR count). The maximum absolute atomic E-state index is 10.4. The zero-order chi connectivity index (χ0) is 10.9. The Kier molecular flexibility index (Phi) is 2.78. The van der Waals surface area contributed by atoms with E-state index in [4.69, 9.17) is 9.47 Å². The molecule has 0 fully saturated rings. The van der Waals surface area contributed by atoms with Gasteiger partial charge in [0.05, 0.1) is 0 Å². The zero-order valence-corrected chi connectivity index (χ0v) is 9.06. The molecule has 0 saturated heterocycles. The van der Waals surface area contributed by atoms with Crippen molar-refractivity contribution < 1.29 is 14.6 Å². The van der Waals surface area contributed by atoms with Crippen LogP contribution in [-0.2, 0) is 21.7 Å². The maximum atomic E-state index is 10.4. The third-order valence-electron chi connectivity index (χ3n) is 3.11. The Morgan fingerprint density at radius 3 is 2.73 bits per heavy atom. The fourth-order valence-corrected chi connectivity index (χ4v) is 2.26. The second-order valence-electron chi connectivity index (χ2n) is 3.82. The number of ether oxygens (including phenoxy) is 2. The lowest BCUT2D eigenvalue weighted by atomic mass is 9.84. The van der Waals surface area contributed by atoms with E-state index >= 15 is 0 Å². The molecule has 1 aromatic rings. The van der Waals surface area contributed by atoms with E-state index in [9.17, 15) is 5.11 Å². The summed E-state index contributed by atoms with van der Waals surface area (Å²) in [7, 11) is 3.11. The van der Waals surface area contributed by atoms with Crippen molar-refractivity contribution in [3.8, 4) is 0 Å². The number of benzene rings is 1. The van der Waals surface area contributed by atoms with Crippen molar-refractivity contribution in [2.45, 2.75) is 24.7 Å². The summed E-state index contributed by atoms with van der Waals surface area (Å²) in [5.41, 5.74) is 1.96. The molecule has 0 spiro atoms. The number of methoxy groups -OCH3 is 2. The molecule has 2 atom stereocenters. The quantitative estimate of drug-likeness (QED) is 0.747. The fourth-order valence-electron chi connectivity index (χ4n) is 2.26. The lowest BCUT2D eigenvalue weighted by Crippen LogP contribution is -2.46. The highest BCUT2D eigenvalue weighted by Gasteiger charge is 2.43. The van der Waals surface area contributed by atoms with Crippen LogP contribution in [0.4, 0.5) is 0 Å². The van der Waals surface area contributed by atoms with Crippen LogP contribution in [0.3, 0.4) is 0 Å². The summed E-state index contributed by atoms with van der Waals surface area (Å²) >= 11 is 0. The van der Waals surface area contributed by atoms with Crippen LogP contribution in [0.5, 0.6) is 0 Å². The molecule has 0 saturated carbocycles. The van der Waals surface area contributed by atoms with Crippen molar-refractivity contribution in [2.75, 3.05) is 14.2 Å². The second kappa shape index (κ2) is 3.93. The molecule has 1 aromatic carbocycles. The van der Waals surface area contributed by atoms with Crippen LogP contribution in [0.25, 0.3) is 0 Å². The van der Waals surface area contributed by atoms with Crippen LogP contribution in [0.2, 0.25) is 0 Å². The normalized spacial score (nSPS) is 29.9. The smallest absolute Gasteiger partial charge is 0.219 e. The summed E-state index contributed by atoms with van der Waals surface area (Å²) in [5.74, 6) is -1.30. The topological polar surface area (TPSA) is 38.7 Å². The standard InChI is InChI=1S/C12H16O3/c1-14-11-8-7-9-5-3-4-6-10(9)12(11,13)15-2/h3-6,11,13H,7-8H2,1-2H3. The predicted octanol–water partition coefficient (Wildman–Crippen LogP) is 1.44. The molecule has 15 heavy (non-hydrogen) atoms. The van der Waals surface area contributed by atoms with Crippen molar-refractivity contribution in [3.63, 3.8) is 0 Å². The molecule has 3 heteroatoms. The van der Waals surface area contributed by atoms with E-state index in [0.717, 1.165) is 24.0 Å². The summed E-state index contributed by atoms with van der Waals surface area (Å²) in [5, 5.41) is 10.4. The first-order valence-electron chi connectivity index (χ1n) is 5.11. The summed E-state index contributed by atoms with van der Waals surface area (Å²) < 4.78 is 10.5. The molecule has 1 N–H and O–H groups in total. The summed E-state index contributed by atoms with van der Waals surface area (Å²) in [6, 6.07) is 7.79. The van der Waals surface area contributed by atoms with Gasteiger partial charge < -0.3 is 14.6 Å². The van der Waals surface area contributed by atoms with Gasteiger partial charge in [-0.05, 0) is 18.4 Å². The molecule has 3 nitrogen and oxygen atoms in total. The van der Waals surface area contributed by atoms with Crippen LogP contribution < -0.4 is 0 Å². The lowest BCUT2D eigenvalue weighted by molar-refractivity contribution is -0.264. The van der Waals surface area contributed by atoms with Gasteiger partial charge in [0.25, 0.3) is 0 Å². The van der Waals surface area contributed by atoms with Crippen LogP contribution >= 0.6 is 0 Å². The zero-order valence-electron chi connectivity index (χ0n) is 9.06. The molecule has 2 unspecified atom stereocenters. The van der Waals surface area contributed by atoms with E-state index in [0.29, 0.717) is 0 Å². The molecular weight excluding hydrogens is 192 g/mol. The first kappa shape index (κ1) is 10.6.